The fraction of sp³-hybridized carbons (Fsp3) is 0.562. The van der Waals surface area contributed by atoms with E-state index in [4.69, 9.17) is 16.7 Å². The molecule has 2 rings (SSSR count). The number of aliphatic hydroxyl groups excluding tert-OH is 1. The largest absolute Gasteiger partial charge is 0.396 e. The highest BCUT2D eigenvalue weighted by Crippen LogP contribution is 2.31. The number of hydrogen-bond acceptors (Lipinski definition) is 3. The molecule has 1 fully saturated rings. The fourth-order valence-electron chi connectivity index (χ4n) is 2.56. The Morgan fingerprint density at radius 2 is 2.14 bits per heavy atom. The van der Waals surface area contributed by atoms with Gasteiger partial charge in [-0.3, -0.25) is 0 Å². The molecular formula is C16H24ClN3O2. The number of nitrogens with zero attached hydrogens (tertiary/aromatic N) is 1. The van der Waals surface area contributed by atoms with Crippen molar-refractivity contribution in [3.8, 4) is 0 Å². The van der Waals surface area contributed by atoms with Crippen molar-refractivity contribution in [1.82, 2.24) is 5.32 Å². The summed E-state index contributed by atoms with van der Waals surface area (Å²) in [6.45, 7) is 4.73. The maximum atomic E-state index is 11.8. The Morgan fingerprint density at radius 1 is 1.41 bits per heavy atom. The van der Waals surface area contributed by atoms with E-state index in [2.05, 4.69) is 15.5 Å². The van der Waals surface area contributed by atoms with Gasteiger partial charge in [0.05, 0.1) is 10.7 Å². The van der Waals surface area contributed by atoms with Gasteiger partial charge in [-0.05, 0) is 43.4 Å². The van der Waals surface area contributed by atoms with Gasteiger partial charge >= 0.3 is 6.03 Å². The summed E-state index contributed by atoms with van der Waals surface area (Å²) >= 11 is 6.32. The molecule has 1 aliphatic rings. The lowest BCUT2D eigenvalue weighted by Crippen LogP contribution is -2.32. The molecule has 0 bridgehead atoms. The Kier molecular flexibility index (Phi) is 6.34. The van der Waals surface area contributed by atoms with E-state index in [0.717, 1.165) is 18.8 Å². The zero-order valence-corrected chi connectivity index (χ0v) is 13.7. The summed E-state index contributed by atoms with van der Waals surface area (Å²) < 4.78 is 0. The number of aliphatic hydroxyl groups is 1. The second-order valence-electron chi connectivity index (χ2n) is 5.81. The molecular weight excluding hydrogens is 302 g/mol. The zero-order valence-electron chi connectivity index (χ0n) is 12.9. The number of carbonyl (C=O) groups excluding carboxylic acids is 1. The van der Waals surface area contributed by atoms with E-state index in [-0.39, 0.29) is 18.6 Å². The number of urea groups is 1. The van der Waals surface area contributed by atoms with Crippen LogP contribution in [0.25, 0.3) is 0 Å². The van der Waals surface area contributed by atoms with E-state index in [1.54, 1.807) is 6.07 Å². The van der Waals surface area contributed by atoms with Gasteiger partial charge in [0, 0.05) is 31.9 Å². The predicted octanol–water partition coefficient (Wildman–Crippen LogP) is 3.08. The molecule has 1 atom stereocenters. The second kappa shape index (κ2) is 8.25. The number of carbonyl (C=O) groups is 1. The van der Waals surface area contributed by atoms with Crippen LogP contribution in [0.2, 0.25) is 5.02 Å². The standard InChI is InChI=1S/C16H24ClN3O2/c1-12(6-9-21)11-18-16(22)19-13-4-5-15(14(17)10-13)20-7-2-3-8-20/h4-5,10,12,21H,2-3,6-9,11H2,1H3,(H2,18,19,22)/t12-/m1/s1. The number of halogens is 1. The van der Waals surface area contributed by atoms with Crippen LogP contribution in [-0.2, 0) is 0 Å². The molecule has 1 aliphatic heterocycles. The van der Waals surface area contributed by atoms with Gasteiger partial charge < -0.3 is 20.6 Å². The molecule has 0 spiro atoms. The summed E-state index contributed by atoms with van der Waals surface area (Å²) in [5, 5.41) is 15.1. The first kappa shape index (κ1) is 16.9. The summed E-state index contributed by atoms with van der Waals surface area (Å²) in [7, 11) is 0. The zero-order chi connectivity index (χ0) is 15.9. The van der Waals surface area contributed by atoms with Crippen molar-refractivity contribution in [2.24, 2.45) is 5.92 Å². The Morgan fingerprint density at radius 3 is 2.77 bits per heavy atom. The molecule has 3 N–H and O–H groups in total. The first-order valence-corrected chi connectivity index (χ1v) is 8.18. The van der Waals surface area contributed by atoms with Crippen molar-refractivity contribution in [3.05, 3.63) is 23.2 Å². The highest BCUT2D eigenvalue weighted by atomic mass is 35.5. The third-order valence-electron chi connectivity index (χ3n) is 3.89. The number of rotatable bonds is 6. The van der Waals surface area contributed by atoms with Crippen LogP contribution in [0.4, 0.5) is 16.2 Å². The Hall–Kier alpha value is -1.46. The molecule has 2 amide bonds. The van der Waals surface area contributed by atoms with Crippen LogP contribution in [-0.4, -0.2) is 37.4 Å². The molecule has 1 saturated heterocycles. The van der Waals surface area contributed by atoms with E-state index < -0.39 is 0 Å². The van der Waals surface area contributed by atoms with Gasteiger partial charge in [-0.1, -0.05) is 18.5 Å². The highest BCUT2D eigenvalue weighted by molar-refractivity contribution is 6.33. The quantitative estimate of drug-likeness (QED) is 0.753. The van der Waals surface area contributed by atoms with Crippen LogP contribution >= 0.6 is 11.6 Å². The van der Waals surface area contributed by atoms with Crippen LogP contribution < -0.4 is 15.5 Å². The maximum absolute atomic E-state index is 11.8. The molecule has 5 nitrogen and oxygen atoms in total. The Bertz CT molecular complexity index is 504. The first-order valence-electron chi connectivity index (χ1n) is 7.80. The number of hydrogen-bond donors (Lipinski definition) is 3. The Labute approximate surface area is 136 Å². The molecule has 1 aromatic rings. The summed E-state index contributed by atoms with van der Waals surface area (Å²) in [6.07, 6.45) is 3.08. The van der Waals surface area contributed by atoms with Crippen molar-refractivity contribution >= 4 is 29.0 Å². The number of anilines is 2. The monoisotopic (exact) mass is 325 g/mol. The van der Waals surface area contributed by atoms with Crippen LogP contribution in [0.5, 0.6) is 0 Å². The molecule has 1 heterocycles. The molecule has 1 aromatic carbocycles. The van der Waals surface area contributed by atoms with Crippen LogP contribution in [0, 0.1) is 5.92 Å². The lowest BCUT2D eigenvalue weighted by atomic mass is 10.1. The molecule has 6 heteroatoms. The third kappa shape index (κ3) is 4.78. The van der Waals surface area contributed by atoms with Crippen molar-refractivity contribution in [3.63, 3.8) is 0 Å². The fourth-order valence-corrected chi connectivity index (χ4v) is 2.86. The second-order valence-corrected chi connectivity index (χ2v) is 6.22. The minimum atomic E-state index is -0.255. The number of nitrogens with one attached hydrogen (secondary N) is 2. The lowest BCUT2D eigenvalue weighted by Gasteiger charge is -2.19. The van der Waals surface area contributed by atoms with Crippen molar-refractivity contribution in [2.75, 3.05) is 36.5 Å². The lowest BCUT2D eigenvalue weighted by molar-refractivity contribution is 0.243. The molecule has 122 valence electrons. The van der Waals surface area contributed by atoms with Crippen LogP contribution in [0.1, 0.15) is 26.2 Å². The Balaban J connectivity index is 1.87. The molecule has 0 aliphatic carbocycles. The topological polar surface area (TPSA) is 64.6 Å². The van der Waals surface area contributed by atoms with Gasteiger partial charge in [-0.15, -0.1) is 0 Å². The molecule has 22 heavy (non-hydrogen) atoms. The summed E-state index contributed by atoms with van der Waals surface area (Å²) in [4.78, 5) is 14.1. The highest BCUT2D eigenvalue weighted by Gasteiger charge is 2.15. The van der Waals surface area contributed by atoms with Gasteiger partial charge in [0.15, 0.2) is 0 Å². The minimum Gasteiger partial charge on any atom is -0.396 e. The van der Waals surface area contributed by atoms with E-state index in [9.17, 15) is 4.79 Å². The molecule has 0 unspecified atom stereocenters. The third-order valence-corrected chi connectivity index (χ3v) is 4.19. The summed E-state index contributed by atoms with van der Waals surface area (Å²) in [5.74, 6) is 0.247. The van der Waals surface area contributed by atoms with E-state index in [1.807, 2.05) is 19.1 Å². The van der Waals surface area contributed by atoms with Gasteiger partial charge in [0.25, 0.3) is 0 Å². The van der Waals surface area contributed by atoms with E-state index >= 15 is 0 Å². The predicted molar refractivity (Wildman–Crippen MR) is 90.8 cm³/mol. The normalized spacial score (nSPS) is 15.7. The average molecular weight is 326 g/mol. The van der Waals surface area contributed by atoms with Crippen molar-refractivity contribution in [1.29, 1.82) is 0 Å². The van der Waals surface area contributed by atoms with Gasteiger partial charge in [0.2, 0.25) is 0 Å². The smallest absolute Gasteiger partial charge is 0.319 e. The van der Waals surface area contributed by atoms with Crippen molar-refractivity contribution in [2.45, 2.75) is 26.2 Å². The van der Waals surface area contributed by atoms with Gasteiger partial charge in [-0.2, -0.15) is 0 Å². The minimum absolute atomic E-state index is 0.137. The SMILES string of the molecule is C[C@H](CCO)CNC(=O)Nc1ccc(N2CCCC2)c(Cl)c1. The summed E-state index contributed by atoms with van der Waals surface area (Å²) in [5.41, 5.74) is 1.71. The summed E-state index contributed by atoms with van der Waals surface area (Å²) in [6, 6.07) is 5.36. The van der Waals surface area contributed by atoms with Crippen molar-refractivity contribution < 1.29 is 9.90 Å². The number of benzene rings is 1. The van der Waals surface area contributed by atoms with Crippen LogP contribution in [0.3, 0.4) is 0 Å². The number of amides is 2. The molecule has 0 saturated carbocycles. The van der Waals surface area contributed by atoms with Gasteiger partial charge in [-0.25, -0.2) is 4.79 Å². The molecule has 0 aromatic heterocycles. The first-order chi connectivity index (χ1) is 10.6. The molecule has 0 radical (unpaired) electrons. The van der Waals surface area contributed by atoms with E-state index in [0.29, 0.717) is 23.7 Å². The van der Waals surface area contributed by atoms with Gasteiger partial charge in [0.1, 0.15) is 0 Å². The van der Waals surface area contributed by atoms with E-state index in [1.165, 1.54) is 12.8 Å². The van der Waals surface area contributed by atoms with Crippen LogP contribution in [0.15, 0.2) is 18.2 Å². The average Bonchev–Trinajstić information content (AvgIpc) is 2.99. The maximum Gasteiger partial charge on any atom is 0.319 e.